The molecule has 0 N–H and O–H groups in total. The van der Waals surface area contributed by atoms with Gasteiger partial charge in [-0.2, -0.15) is 0 Å². The van der Waals surface area contributed by atoms with Gasteiger partial charge in [0.25, 0.3) is 5.91 Å². The number of fused-ring (bicyclic) bond motifs is 1. The Hall–Kier alpha value is -0.940. The Morgan fingerprint density at radius 2 is 2.21 bits per heavy atom. The van der Waals surface area contributed by atoms with Crippen molar-refractivity contribution in [3.63, 3.8) is 0 Å². The number of rotatable bonds is 1. The summed E-state index contributed by atoms with van der Waals surface area (Å²) in [7, 11) is 0. The summed E-state index contributed by atoms with van der Waals surface area (Å²) in [6.45, 7) is 4.47. The summed E-state index contributed by atoms with van der Waals surface area (Å²) in [6.07, 6.45) is 3.01. The molecule has 3 nitrogen and oxygen atoms in total. The molecular weight excluding hydrogens is 326 g/mol. The highest BCUT2D eigenvalue weighted by molar-refractivity contribution is 9.11. The van der Waals surface area contributed by atoms with Gasteiger partial charge in [0.15, 0.2) is 5.78 Å². The van der Waals surface area contributed by atoms with Crippen molar-refractivity contribution in [2.45, 2.75) is 38.3 Å². The highest BCUT2D eigenvalue weighted by Gasteiger charge is 2.38. The lowest BCUT2D eigenvalue weighted by Gasteiger charge is -2.25. The van der Waals surface area contributed by atoms with Crippen LogP contribution in [0, 0.1) is 0 Å². The molecule has 0 unspecified atom stereocenters. The second-order valence-electron chi connectivity index (χ2n) is 5.14. The minimum Gasteiger partial charge on any atom is -0.324 e. The van der Waals surface area contributed by atoms with E-state index in [0.29, 0.717) is 13.0 Å². The maximum Gasteiger partial charge on any atom is 0.256 e. The summed E-state index contributed by atoms with van der Waals surface area (Å²) in [5.74, 6) is 0.142. The van der Waals surface area contributed by atoms with Gasteiger partial charge < -0.3 is 4.90 Å². The Kier molecular flexibility index (Phi) is 3.35. The van der Waals surface area contributed by atoms with Crippen LogP contribution in [0.2, 0.25) is 0 Å². The van der Waals surface area contributed by atoms with Gasteiger partial charge in [0.1, 0.15) is 0 Å². The van der Waals surface area contributed by atoms with Crippen LogP contribution in [0.25, 0.3) is 0 Å². The molecule has 3 rings (SSSR count). The first-order chi connectivity index (χ1) is 9.08. The third kappa shape index (κ3) is 2.19. The SMILES string of the molecule is C=C1CCC[C@H](N2Cc3c(csc3Br)C2=O)C(=O)C1. The van der Waals surface area contributed by atoms with Crippen molar-refractivity contribution in [2.75, 3.05) is 0 Å². The van der Waals surface area contributed by atoms with E-state index in [9.17, 15) is 9.59 Å². The molecule has 0 aromatic carbocycles. The van der Waals surface area contributed by atoms with Crippen molar-refractivity contribution in [1.29, 1.82) is 0 Å². The average Bonchev–Trinajstić information content (AvgIpc) is 2.81. The topological polar surface area (TPSA) is 37.4 Å². The molecule has 2 aliphatic rings. The molecule has 19 heavy (non-hydrogen) atoms. The third-order valence-corrected chi connectivity index (χ3v) is 5.69. The van der Waals surface area contributed by atoms with E-state index in [0.717, 1.165) is 39.7 Å². The number of hydrogen-bond donors (Lipinski definition) is 0. The molecule has 2 heterocycles. The molecular formula is C14H14BrNO2S. The molecule has 1 aliphatic heterocycles. The summed E-state index contributed by atoms with van der Waals surface area (Å²) in [5.41, 5.74) is 2.79. The fraction of sp³-hybridized carbons (Fsp3) is 0.429. The third-order valence-electron chi connectivity index (χ3n) is 3.84. The Morgan fingerprint density at radius 1 is 1.42 bits per heavy atom. The van der Waals surface area contributed by atoms with Crippen LogP contribution in [0.4, 0.5) is 0 Å². The average molecular weight is 340 g/mol. The largest absolute Gasteiger partial charge is 0.324 e. The second kappa shape index (κ2) is 4.87. The van der Waals surface area contributed by atoms with Gasteiger partial charge in [0.2, 0.25) is 0 Å². The van der Waals surface area contributed by atoms with Gasteiger partial charge in [0.05, 0.1) is 15.4 Å². The Balaban J connectivity index is 1.86. The van der Waals surface area contributed by atoms with Crippen LogP contribution in [0.3, 0.4) is 0 Å². The van der Waals surface area contributed by atoms with E-state index in [4.69, 9.17) is 0 Å². The van der Waals surface area contributed by atoms with Gasteiger partial charge in [-0.15, -0.1) is 11.3 Å². The Bertz CT molecular complexity index is 578. The van der Waals surface area contributed by atoms with Crippen LogP contribution in [0.1, 0.15) is 41.6 Å². The van der Waals surface area contributed by atoms with E-state index in [-0.39, 0.29) is 17.7 Å². The normalized spacial score (nSPS) is 23.7. The van der Waals surface area contributed by atoms with E-state index in [2.05, 4.69) is 22.5 Å². The van der Waals surface area contributed by atoms with Gasteiger partial charge in [-0.3, -0.25) is 9.59 Å². The fourth-order valence-electron chi connectivity index (χ4n) is 2.82. The first-order valence-electron chi connectivity index (χ1n) is 6.34. The predicted octanol–water partition coefficient (Wildman–Crippen LogP) is 3.53. The quantitative estimate of drug-likeness (QED) is 0.579. The van der Waals surface area contributed by atoms with Gasteiger partial charge in [-0.05, 0) is 35.2 Å². The smallest absolute Gasteiger partial charge is 0.256 e. The monoisotopic (exact) mass is 339 g/mol. The van der Waals surface area contributed by atoms with Crippen molar-refractivity contribution in [3.05, 3.63) is 32.4 Å². The summed E-state index contributed by atoms with van der Waals surface area (Å²) < 4.78 is 1.00. The first kappa shape index (κ1) is 13.1. The summed E-state index contributed by atoms with van der Waals surface area (Å²) in [5, 5.41) is 1.88. The van der Waals surface area contributed by atoms with Crippen LogP contribution in [0.5, 0.6) is 0 Å². The lowest BCUT2D eigenvalue weighted by molar-refractivity contribution is -0.122. The highest BCUT2D eigenvalue weighted by atomic mass is 79.9. The van der Waals surface area contributed by atoms with Crippen LogP contribution in [-0.4, -0.2) is 22.6 Å². The Morgan fingerprint density at radius 3 is 2.95 bits per heavy atom. The molecule has 1 saturated carbocycles. The predicted molar refractivity (Wildman–Crippen MR) is 78.3 cm³/mol. The minimum absolute atomic E-state index is 0.00260. The number of ketones is 1. The number of carbonyl (C=O) groups is 2. The standard InChI is InChI=1S/C14H14BrNO2S/c1-8-3-2-4-11(12(17)5-8)16-6-9-10(14(16)18)7-19-13(9)15/h7,11H,1-6H2/t11-/m0/s1. The molecule has 1 atom stereocenters. The number of carbonyl (C=O) groups excluding carboxylic acids is 2. The van der Waals surface area contributed by atoms with Crippen LogP contribution in [-0.2, 0) is 11.3 Å². The number of hydrogen-bond acceptors (Lipinski definition) is 3. The first-order valence-corrected chi connectivity index (χ1v) is 8.01. The van der Waals surface area contributed by atoms with E-state index >= 15 is 0 Å². The van der Waals surface area contributed by atoms with Crippen molar-refractivity contribution in [3.8, 4) is 0 Å². The zero-order valence-corrected chi connectivity index (χ0v) is 12.8. The summed E-state index contributed by atoms with van der Waals surface area (Å²) in [4.78, 5) is 26.4. The van der Waals surface area contributed by atoms with E-state index in [1.807, 2.05) is 5.38 Å². The van der Waals surface area contributed by atoms with Crippen molar-refractivity contribution in [2.24, 2.45) is 0 Å². The molecule has 1 aliphatic carbocycles. The molecule has 1 aromatic rings. The Labute approximate surface area is 124 Å². The maximum atomic E-state index is 12.4. The number of allylic oxidation sites excluding steroid dienone is 1. The number of halogens is 1. The molecule has 0 spiro atoms. The van der Waals surface area contributed by atoms with Gasteiger partial charge in [-0.25, -0.2) is 0 Å². The lowest BCUT2D eigenvalue weighted by atomic mass is 10.1. The fourth-order valence-corrected chi connectivity index (χ4v) is 4.22. The van der Waals surface area contributed by atoms with Crippen LogP contribution < -0.4 is 0 Å². The van der Waals surface area contributed by atoms with Crippen LogP contribution >= 0.6 is 27.3 Å². The zero-order valence-electron chi connectivity index (χ0n) is 10.4. The second-order valence-corrected chi connectivity index (χ2v) is 7.33. The molecule has 100 valence electrons. The van der Waals surface area contributed by atoms with Gasteiger partial charge >= 0.3 is 0 Å². The van der Waals surface area contributed by atoms with Gasteiger partial charge in [-0.1, -0.05) is 12.2 Å². The molecule has 1 aromatic heterocycles. The number of thiophene rings is 1. The lowest BCUT2D eigenvalue weighted by Crippen LogP contribution is -2.40. The molecule has 0 saturated heterocycles. The van der Waals surface area contributed by atoms with E-state index in [1.165, 1.54) is 11.3 Å². The number of amides is 1. The molecule has 1 fully saturated rings. The highest BCUT2D eigenvalue weighted by Crippen LogP contribution is 2.37. The maximum absolute atomic E-state index is 12.4. The number of Topliss-reactive ketones (excluding diaryl/α,β-unsaturated/α-hetero) is 1. The molecule has 0 bridgehead atoms. The van der Waals surface area contributed by atoms with E-state index in [1.54, 1.807) is 4.90 Å². The van der Waals surface area contributed by atoms with Crippen molar-refractivity contribution < 1.29 is 9.59 Å². The summed E-state index contributed by atoms with van der Waals surface area (Å²) in [6, 6.07) is -0.268. The minimum atomic E-state index is -0.268. The molecule has 1 amide bonds. The van der Waals surface area contributed by atoms with Crippen molar-refractivity contribution >= 4 is 39.0 Å². The summed E-state index contributed by atoms with van der Waals surface area (Å²) >= 11 is 5.01. The zero-order chi connectivity index (χ0) is 13.6. The molecule has 0 radical (unpaired) electrons. The number of nitrogens with zero attached hydrogens (tertiary/aromatic N) is 1. The van der Waals surface area contributed by atoms with Gasteiger partial charge in [0, 0.05) is 23.9 Å². The molecule has 5 heteroatoms. The van der Waals surface area contributed by atoms with E-state index < -0.39 is 0 Å². The van der Waals surface area contributed by atoms with Crippen molar-refractivity contribution in [1.82, 2.24) is 4.90 Å². The van der Waals surface area contributed by atoms with Crippen LogP contribution in [0.15, 0.2) is 21.3 Å².